The van der Waals surface area contributed by atoms with E-state index in [-0.39, 0.29) is 5.97 Å². The maximum Gasteiger partial charge on any atom is 0.337 e. The molecule has 62 valence electrons. The van der Waals surface area contributed by atoms with Crippen LogP contribution in [0.4, 0.5) is 0 Å². The van der Waals surface area contributed by atoms with Crippen LogP contribution >= 0.6 is 22.6 Å². The Morgan fingerprint density at radius 3 is 2.64 bits per heavy atom. The Morgan fingerprint density at radius 2 is 2.18 bits per heavy atom. The highest BCUT2D eigenvalue weighted by Crippen LogP contribution is 2.22. The van der Waals surface area contributed by atoms with Crippen molar-refractivity contribution in [2.24, 2.45) is 0 Å². The molecule has 1 aliphatic rings. The van der Waals surface area contributed by atoms with E-state index in [2.05, 4.69) is 22.6 Å². The second-order valence-electron chi connectivity index (χ2n) is 2.67. The molecule has 0 saturated heterocycles. The normalized spacial score (nSPS) is 21.7. The number of halogens is 1. The van der Waals surface area contributed by atoms with E-state index in [1.807, 2.05) is 0 Å². The zero-order valence-corrected chi connectivity index (χ0v) is 8.54. The van der Waals surface area contributed by atoms with Crippen LogP contribution in [0.2, 0.25) is 0 Å². The lowest BCUT2D eigenvalue weighted by Gasteiger charge is -2.29. The molecule has 0 aromatic rings. The number of allylic oxidation sites excluding steroid dienone is 1. The molecule has 0 amide bonds. The highest BCUT2D eigenvalue weighted by molar-refractivity contribution is 14.1. The number of alkyl halides is 1. The average Bonchev–Trinajstić information content (AvgIpc) is 1.83. The fourth-order valence-electron chi connectivity index (χ4n) is 0.835. The van der Waals surface area contributed by atoms with E-state index in [1.54, 1.807) is 13.8 Å². The summed E-state index contributed by atoms with van der Waals surface area (Å²) in [6.07, 6.45) is 1.37. The van der Waals surface area contributed by atoms with Gasteiger partial charge in [-0.2, -0.15) is 0 Å². The fourth-order valence-corrected chi connectivity index (χ4v) is 1.21. The van der Waals surface area contributed by atoms with E-state index >= 15 is 0 Å². The van der Waals surface area contributed by atoms with Gasteiger partial charge in [-0.15, -0.1) is 0 Å². The second kappa shape index (κ2) is 3.00. The van der Waals surface area contributed by atoms with Crippen molar-refractivity contribution in [3.05, 3.63) is 11.8 Å². The van der Waals surface area contributed by atoms with Gasteiger partial charge in [-0.05, 0) is 0 Å². The van der Waals surface area contributed by atoms with E-state index in [1.165, 1.54) is 6.08 Å². The van der Waals surface area contributed by atoms with Crippen molar-refractivity contribution in [3.8, 4) is 0 Å². The molecule has 0 saturated carbocycles. The van der Waals surface area contributed by atoms with Crippen molar-refractivity contribution >= 4 is 28.6 Å². The summed E-state index contributed by atoms with van der Waals surface area (Å²) in [4.78, 5) is 10.9. The summed E-state index contributed by atoms with van der Waals surface area (Å²) in [5.41, 5.74) is 0. The largest absolute Gasteiger partial charge is 0.456 e. The van der Waals surface area contributed by atoms with E-state index in [0.29, 0.717) is 10.2 Å². The van der Waals surface area contributed by atoms with Crippen LogP contribution in [0.15, 0.2) is 11.8 Å². The van der Waals surface area contributed by atoms with Gasteiger partial charge in [0, 0.05) is 13.8 Å². The molecule has 0 fully saturated rings. The summed E-state index contributed by atoms with van der Waals surface area (Å²) >= 11 is 2.13. The van der Waals surface area contributed by atoms with Crippen molar-refractivity contribution in [1.82, 2.24) is 0 Å². The van der Waals surface area contributed by atoms with E-state index in [0.717, 1.165) is 0 Å². The number of esters is 1. The Balaban J connectivity index is 2.78. The monoisotopic (exact) mass is 268 g/mol. The number of hydrogen-bond acceptors (Lipinski definition) is 3. The van der Waals surface area contributed by atoms with Crippen molar-refractivity contribution in [2.45, 2.75) is 19.6 Å². The van der Waals surface area contributed by atoms with Gasteiger partial charge in [0.2, 0.25) is 5.79 Å². The molecule has 0 aromatic heterocycles. The number of ether oxygens (including phenoxy) is 2. The Hall–Kier alpha value is -0.260. The third-order valence-electron chi connectivity index (χ3n) is 1.13. The third-order valence-corrected chi connectivity index (χ3v) is 1.89. The van der Waals surface area contributed by atoms with Crippen molar-refractivity contribution in [3.63, 3.8) is 0 Å². The summed E-state index contributed by atoms with van der Waals surface area (Å²) in [6.45, 7) is 3.42. The van der Waals surface area contributed by atoms with Crippen molar-refractivity contribution in [1.29, 1.82) is 0 Å². The molecule has 0 radical (unpaired) electrons. The lowest BCUT2D eigenvalue weighted by Crippen LogP contribution is -2.34. The maximum absolute atomic E-state index is 10.9. The maximum atomic E-state index is 10.9. The molecule has 3 nitrogen and oxygen atoms in total. The molecule has 0 spiro atoms. The van der Waals surface area contributed by atoms with Crippen LogP contribution in [-0.2, 0) is 14.3 Å². The molecule has 0 atom stereocenters. The SMILES string of the molecule is CC1(C)OC(=O)C=C(CI)O1. The Morgan fingerprint density at radius 1 is 1.55 bits per heavy atom. The first-order valence-electron chi connectivity index (χ1n) is 3.22. The smallest absolute Gasteiger partial charge is 0.337 e. The van der Waals surface area contributed by atoms with Gasteiger partial charge in [-0.1, -0.05) is 22.6 Å². The Bertz CT molecular complexity index is 208. The zero-order valence-electron chi connectivity index (χ0n) is 6.39. The molecule has 1 heterocycles. The zero-order chi connectivity index (χ0) is 8.48. The third kappa shape index (κ3) is 2.36. The minimum absolute atomic E-state index is 0.326. The van der Waals surface area contributed by atoms with Gasteiger partial charge >= 0.3 is 5.97 Å². The summed E-state index contributed by atoms with van der Waals surface area (Å²) in [6, 6.07) is 0. The van der Waals surface area contributed by atoms with Gasteiger partial charge in [0.05, 0.1) is 10.5 Å². The van der Waals surface area contributed by atoms with E-state index in [9.17, 15) is 4.79 Å². The number of hydrogen-bond donors (Lipinski definition) is 0. The van der Waals surface area contributed by atoms with Gasteiger partial charge in [-0.25, -0.2) is 4.79 Å². The van der Waals surface area contributed by atoms with Crippen LogP contribution in [0.1, 0.15) is 13.8 Å². The molecule has 0 bridgehead atoms. The highest BCUT2D eigenvalue weighted by Gasteiger charge is 2.29. The molecule has 0 aliphatic carbocycles. The van der Waals surface area contributed by atoms with Gasteiger partial charge in [0.1, 0.15) is 5.76 Å². The Kier molecular flexibility index (Phi) is 2.41. The molecule has 0 aromatic carbocycles. The van der Waals surface area contributed by atoms with Crippen molar-refractivity contribution in [2.75, 3.05) is 4.43 Å². The summed E-state index contributed by atoms with van der Waals surface area (Å²) in [5, 5.41) is 0. The van der Waals surface area contributed by atoms with Crippen LogP contribution < -0.4 is 0 Å². The summed E-state index contributed by atoms with van der Waals surface area (Å²) < 4.78 is 10.9. The quantitative estimate of drug-likeness (QED) is 0.412. The van der Waals surface area contributed by atoms with Crippen LogP contribution in [-0.4, -0.2) is 16.2 Å². The van der Waals surface area contributed by atoms with Crippen molar-refractivity contribution < 1.29 is 14.3 Å². The molecule has 11 heavy (non-hydrogen) atoms. The Labute approximate surface area is 78.9 Å². The lowest BCUT2D eigenvalue weighted by atomic mass is 10.3. The first kappa shape index (κ1) is 8.83. The number of carbonyl (C=O) groups excluding carboxylic acids is 1. The van der Waals surface area contributed by atoms with Crippen LogP contribution in [0.3, 0.4) is 0 Å². The highest BCUT2D eigenvalue weighted by atomic mass is 127. The minimum atomic E-state index is -0.799. The standard InChI is InChI=1S/C7H9IO3/c1-7(2)10-5(4-8)3-6(9)11-7/h3H,4H2,1-2H3. The number of carbonyl (C=O) groups is 1. The van der Waals surface area contributed by atoms with E-state index in [4.69, 9.17) is 9.47 Å². The molecule has 1 rings (SSSR count). The number of cyclic esters (lactones) is 1. The number of rotatable bonds is 1. The molecule has 0 N–H and O–H groups in total. The van der Waals surface area contributed by atoms with Gasteiger partial charge in [-0.3, -0.25) is 0 Å². The summed E-state index contributed by atoms with van der Waals surface area (Å²) in [5.74, 6) is -0.452. The fraction of sp³-hybridized carbons (Fsp3) is 0.571. The topological polar surface area (TPSA) is 35.5 Å². The molecular formula is C7H9IO3. The van der Waals surface area contributed by atoms with Crippen LogP contribution in [0.5, 0.6) is 0 Å². The van der Waals surface area contributed by atoms with Crippen LogP contribution in [0.25, 0.3) is 0 Å². The molecular weight excluding hydrogens is 259 g/mol. The predicted octanol–water partition coefficient (Wildman–Crippen LogP) is 1.61. The average molecular weight is 268 g/mol. The molecule has 1 aliphatic heterocycles. The van der Waals surface area contributed by atoms with Crippen LogP contribution in [0, 0.1) is 0 Å². The lowest BCUT2D eigenvalue weighted by molar-refractivity contribution is -0.204. The first-order chi connectivity index (χ1) is 5.03. The van der Waals surface area contributed by atoms with Gasteiger partial charge in [0.15, 0.2) is 0 Å². The van der Waals surface area contributed by atoms with Gasteiger partial charge < -0.3 is 9.47 Å². The predicted molar refractivity (Wildman–Crippen MR) is 48.2 cm³/mol. The van der Waals surface area contributed by atoms with E-state index < -0.39 is 5.79 Å². The molecule has 4 heteroatoms. The summed E-state index contributed by atoms with van der Waals surface area (Å²) in [7, 11) is 0. The minimum Gasteiger partial charge on any atom is -0.456 e. The van der Waals surface area contributed by atoms with Gasteiger partial charge in [0.25, 0.3) is 0 Å². The molecule has 0 unspecified atom stereocenters. The second-order valence-corrected chi connectivity index (χ2v) is 3.43. The first-order valence-corrected chi connectivity index (χ1v) is 4.74.